The van der Waals surface area contributed by atoms with Crippen LogP contribution in [0.2, 0.25) is 0 Å². The van der Waals surface area contributed by atoms with Gasteiger partial charge in [-0.25, -0.2) is 4.98 Å². The molecule has 0 aliphatic carbocycles. The summed E-state index contributed by atoms with van der Waals surface area (Å²) in [5.41, 5.74) is 3.52. The fourth-order valence-electron chi connectivity index (χ4n) is 3.34. The zero-order chi connectivity index (χ0) is 20.2. The summed E-state index contributed by atoms with van der Waals surface area (Å²) in [6, 6.07) is 18.8. The number of piperazine rings is 1. The first-order chi connectivity index (χ1) is 14.1. The maximum absolute atomic E-state index is 12.5. The molecular weight excluding hydrogens is 366 g/mol. The van der Waals surface area contributed by atoms with Crippen LogP contribution in [-0.4, -0.2) is 41.3 Å². The first-order valence-electron chi connectivity index (χ1n) is 9.33. The molecule has 0 atom stereocenters. The van der Waals surface area contributed by atoms with Gasteiger partial charge in [0.15, 0.2) is 0 Å². The van der Waals surface area contributed by atoms with E-state index in [-0.39, 0.29) is 18.4 Å². The summed E-state index contributed by atoms with van der Waals surface area (Å²) in [6.45, 7) is 1.64. The van der Waals surface area contributed by atoms with E-state index in [1.54, 1.807) is 23.1 Å². The van der Waals surface area contributed by atoms with Crippen molar-refractivity contribution in [2.75, 3.05) is 25.0 Å². The van der Waals surface area contributed by atoms with E-state index in [0.717, 1.165) is 22.2 Å². The molecule has 0 bridgehead atoms. The molecule has 7 nitrogen and oxygen atoms in total. The minimum absolute atomic E-state index is 0.0957. The van der Waals surface area contributed by atoms with Crippen molar-refractivity contribution in [2.45, 2.75) is 6.54 Å². The van der Waals surface area contributed by atoms with Gasteiger partial charge in [-0.2, -0.15) is 5.26 Å². The molecule has 4 rings (SSSR count). The molecule has 1 aliphatic heterocycles. The van der Waals surface area contributed by atoms with Gasteiger partial charge in [-0.3, -0.25) is 9.59 Å². The Morgan fingerprint density at radius 3 is 2.76 bits per heavy atom. The van der Waals surface area contributed by atoms with Crippen LogP contribution >= 0.6 is 0 Å². The zero-order valence-corrected chi connectivity index (χ0v) is 15.7. The number of fused-ring (bicyclic) bond motifs is 1. The third-order valence-electron chi connectivity index (χ3n) is 4.84. The first-order valence-corrected chi connectivity index (χ1v) is 9.33. The molecule has 0 radical (unpaired) electrons. The molecule has 1 aromatic heterocycles. The predicted octanol–water partition coefficient (Wildman–Crippen LogP) is 2.29. The van der Waals surface area contributed by atoms with Crippen LogP contribution in [0.25, 0.3) is 10.9 Å². The molecule has 0 unspecified atom stereocenters. The van der Waals surface area contributed by atoms with E-state index >= 15 is 0 Å². The quantitative estimate of drug-likeness (QED) is 0.718. The number of amides is 2. The lowest BCUT2D eigenvalue weighted by atomic mass is 10.1. The van der Waals surface area contributed by atoms with E-state index in [9.17, 15) is 14.9 Å². The van der Waals surface area contributed by atoms with Crippen molar-refractivity contribution in [1.29, 1.82) is 5.26 Å². The highest BCUT2D eigenvalue weighted by Crippen LogP contribution is 2.23. The third-order valence-corrected chi connectivity index (χ3v) is 4.84. The number of rotatable bonds is 4. The van der Waals surface area contributed by atoms with Crippen molar-refractivity contribution >= 4 is 28.4 Å². The topological polar surface area (TPSA) is 98.1 Å². The summed E-state index contributed by atoms with van der Waals surface area (Å²) in [5.74, 6) is -0.273. The summed E-state index contributed by atoms with van der Waals surface area (Å²) in [4.78, 5) is 29.9. The smallest absolute Gasteiger partial charge is 0.254 e. The highest BCUT2D eigenvalue weighted by molar-refractivity contribution is 5.97. The number of carbonyl (C=O) groups is 2. The molecule has 144 valence electrons. The predicted molar refractivity (Wildman–Crippen MR) is 109 cm³/mol. The van der Waals surface area contributed by atoms with Gasteiger partial charge in [0, 0.05) is 36.3 Å². The van der Waals surface area contributed by atoms with Crippen molar-refractivity contribution in [3.63, 3.8) is 0 Å². The lowest BCUT2D eigenvalue weighted by Crippen LogP contribution is -2.49. The highest BCUT2D eigenvalue weighted by Gasteiger charge is 2.22. The fourth-order valence-corrected chi connectivity index (χ4v) is 3.34. The SMILES string of the molecule is N#Cc1cc(NCc2ccc(C(=O)N3CCNC(=O)C3)cc2)c2ccccc2n1. The number of nitrogens with one attached hydrogen (secondary N) is 2. The lowest BCUT2D eigenvalue weighted by Gasteiger charge is -2.26. The van der Waals surface area contributed by atoms with Crippen LogP contribution < -0.4 is 10.6 Å². The number of hydrogen-bond donors (Lipinski definition) is 2. The number of nitrogens with zero attached hydrogens (tertiary/aromatic N) is 3. The number of benzene rings is 2. The molecule has 0 spiro atoms. The van der Waals surface area contributed by atoms with Gasteiger partial charge in [-0.1, -0.05) is 30.3 Å². The molecule has 2 amide bonds. The Balaban J connectivity index is 1.47. The van der Waals surface area contributed by atoms with Crippen LogP contribution in [0.1, 0.15) is 21.6 Å². The standard InChI is InChI=1S/C22H19N5O2/c23-12-17-11-20(18-3-1-2-4-19(18)26-17)25-13-15-5-7-16(8-6-15)22(29)27-10-9-24-21(28)14-27/h1-8,11H,9-10,13-14H2,(H,24,28)(H,25,26). The van der Waals surface area contributed by atoms with Crippen molar-refractivity contribution in [2.24, 2.45) is 0 Å². The van der Waals surface area contributed by atoms with E-state index in [2.05, 4.69) is 21.7 Å². The summed E-state index contributed by atoms with van der Waals surface area (Å²) >= 11 is 0. The minimum Gasteiger partial charge on any atom is -0.380 e. The van der Waals surface area contributed by atoms with Crippen LogP contribution in [-0.2, 0) is 11.3 Å². The molecular formula is C22H19N5O2. The first kappa shape index (κ1) is 18.4. The molecule has 2 heterocycles. The summed E-state index contributed by atoms with van der Waals surface area (Å²) in [6.07, 6.45) is 0. The zero-order valence-electron chi connectivity index (χ0n) is 15.7. The van der Waals surface area contributed by atoms with Crippen LogP contribution in [0, 0.1) is 11.3 Å². The molecule has 1 aliphatic rings. The van der Waals surface area contributed by atoms with Gasteiger partial charge in [0.2, 0.25) is 5.91 Å². The van der Waals surface area contributed by atoms with E-state index in [1.807, 2.05) is 36.4 Å². The van der Waals surface area contributed by atoms with Gasteiger partial charge in [0.05, 0.1) is 12.1 Å². The molecule has 29 heavy (non-hydrogen) atoms. The van der Waals surface area contributed by atoms with Crippen LogP contribution in [0.3, 0.4) is 0 Å². The van der Waals surface area contributed by atoms with Gasteiger partial charge in [0.25, 0.3) is 5.91 Å². The average molecular weight is 385 g/mol. The summed E-state index contributed by atoms with van der Waals surface area (Å²) < 4.78 is 0. The molecule has 3 aromatic rings. The lowest BCUT2D eigenvalue weighted by molar-refractivity contribution is -0.123. The molecule has 7 heteroatoms. The summed E-state index contributed by atoms with van der Waals surface area (Å²) in [5, 5.41) is 16.2. The second-order valence-corrected chi connectivity index (χ2v) is 6.81. The van der Waals surface area contributed by atoms with E-state index in [0.29, 0.717) is 30.9 Å². The number of nitriles is 1. The minimum atomic E-state index is -0.141. The number of carbonyl (C=O) groups excluding carboxylic acids is 2. The largest absolute Gasteiger partial charge is 0.380 e. The number of anilines is 1. The Hall–Kier alpha value is -3.92. The van der Waals surface area contributed by atoms with E-state index in [4.69, 9.17) is 0 Å². The molecule has 2 N–H and O–H groups in total. The van der Waals surface area contributed by atoms with Crippen LogP contribution in [0.5, 0.6) is 0 Å². The molecule has 1 fully saturated rings. The summed E-state index contributed by atoms with van der Waals surface area (Å²) in [7, 11) is 0. The van der Waals surface area contributed by atoms with Gasteiger partial charge in [0.1, 0.15) is 11.8 Å². The molecule has 2 aromatic carbocycles. The maximum atomic E-state index is 12.5. The highest BCUT2D eigenvalue weighted by atomic mass is 16.2. The van der Waals surface area contributed by atoms with Gasteiger partial charge in [-0.15, -0.1) is 0 Å². The Morgan fingerprint density at radius 1 is 1.21 bits per heavy atom. The molecule has 0 saturated carbocycles. The van der Waals surface area contributed by atoms with Crippen LogP contribution in [0.15, 0.2) is 54.6 Å². The van der Waals surface area contributed by atoms with Gasteiger partial charge >= 0.3 is 0 Å². The Labute approximate surface area is 168 Å². The Bertz CT molecular complexity index is 1120. The second-order valence-electron chi connectivity index (χ2n) is 6.81. The Kier molecular flexibility index (Phi) is 5.08. The van der Waals surface area contributed by atoms with Crippen molar-refractivity contribution in [3.05, 3.63) is 71.4 Å². The maximum Gasteiger partial charge on any atom is 0.254 e. The Morgan fingerprint density at radius 2 is 2.00 bits per heavy atom. The fraction of sp³-hybridized carbons (Fsp3) is 0.182. The number of hydrogen-bond acceptors (Lipinski definition) is 5. The van der Waals surface area contributed by atoms with E-state index in [1.165, 1.54) is 0 Å². The number of pyridine rings is 1. The van der Waals surface area contributed by atoms with Gasteiger partial charge < -0.3 is 15.5 Å². The van der Waals surface area contributed by atoms with Crippen molar-refractivity contribution in [1.82, 2.24) is 15.2 Å². The van der Waals surface area contributed by atoms with Crippen molar-refractivity contribution in [3.8, 4) is 6.07 Å². The van der Waals surface area contributed by atoms with Crippen molar-refractivity contribution < 1.29 is 9.59 Å². The third kappa shape index (κ3) is 4.01. The number of aromatic nitrogens is 1. The molecule has 1 saturated heterocycles. The normalized spacial score (nSPS) is 13.6. The number of para-hydroxylation sites is 1. The second kappa shape index (κ2) is 7.98. The van der Waals surface area contributed by atoms with E-state index < -0.39 is 0 Å². The average Bonchev–Trinajstić information content (AvgIpc) is 2.77. The van der Waals surface area contributed by atoms with Crippen LogP contribution in [0.4, 0.5) is 5.69 Å². The van der Waals surface area contributed by atoms with Gasteiger partial charge in [-0.05, 0) is 29.8 Å². The monoisotopic (exact) mass is 385 g/mol.